The Morgan fingerprint density at radius 1 is 0.920 bits per heavy atom. The van der Waals surface area contributed by atoms with Crippen molar-refractivity contribution in [3.8, 4) is 0 Å². The van der Waals surface area contributed by atoms with E-state index in [9.17, 15) is 9.59 Å². The number of benzene rings is 2. The number of anilines is 3. The highest BCUT2D eigenvalue weighted by Crippen LogP contribution is 2.20. The van der Waals surface area contributed by atoms with Gasteiger partial charge in [-0.3, -0.25) is 9.59 Å². The van der Waals surface area contributed by atoms with E-state index in [2.05, 4.69) is 38.5 Å². The van der Waals surface area contributed by atoms with Crippen molar-refractivity contribution in [2.45, 2.75) is 20.8 Å². The molecule has 2 aromatic rings. The third kappa shape index (κ3) is 6.38. The summed E-state index contributed by atoms with van der Waals surface area (Å²) in [6.45, 7) is 5.72. The molecule has 0 radical (unpaired) electrons. The van der Waals surface area contributed by atoms with E-state index < -0.39 is 5.41 Å². The molecule has 0 aromatic heterocycles. The maximum Gasteiger partial charge on any atom is 0.243 e. The molecule has 2 rings (SSSR count). The van der Waals surface area contributed by atoms with Crippen LogP contribution in [0.25, 0.3) is 0 Å². The van der Waals surface area contributed by atoms with E-state index >= 15 is 0 Å². The summed E-state index contributed by atoms with van der Waals surface area (Å²) < 4.78 is 1.14. The predicted octanol–water partition coefficient (Wildman–Crippen LogP) is 4.33. The van der Waals surface area contributed by atoms with Gasteiger partial charge in [-0.05, 0) is 65.1 Å². The molecule has 0 aliphatic rings. The fourth-order valence-corrected chi connectivity index (χ4v) is 2.31. The first-order valence-corrected chi connectivity index (χ1v) is 9.03. The number of halogens is 1. The minimum absolute atomic E-state index is 0.0728. The van der Waals surface area contributed by atoms with Gasteiger partial charge in [0.1, 0.15) is 0 Å². The summed E-state index contributed by atoms with van der Waals surface area (Å²) >= 11 is 2.23. The van der Waals surface area contributed by atoms with E-state index in [1.54, 1.807) is 24.3 Å². The van der Waals surface area contributed by atoms with E-state index in [4.69, 9.17) is 0 Å². The highest BCUT2D eigenvalue weighted by atomic mass is 127. The average Bonchev–Trinajstić information content (AvgIpc) is 2.54. The number of carbonyl (C=O) groups excluding carboxylic acids is 2. The van der Waals surface area contributed by atoms with Crippen molar-refractivity contribution in [3.63, 3.8) is 0 Å². The van der Waals surface area contributed by atoms with Crippen LogP contribution in [0.5, 0.6) is 0 Å². The van der Waals surface area contributed by atoms with E-state index in [1.807, 2.05) is 45.0 Å². The molecule has 0 aliphatic carbocycles. The first-order valence-electron chi connectivity index (χ1n) is 7.95. The molecule has 0 heterocycles. The molecule has 2 amide bonds. The van der Waals surface area contributed by atoms with Gasteiger partial charge < -0.3 is 16.0 Å². The van der Waals surface area contributed by atoms with Crippen molar-refractivity contribution in [3.05, 3.63) is 52.1 Å². The van der Waals surface area contributed by atoms with Gasteiger partial charge in [0.25, 0.3) is 0 Å². The number of carbonyl (C=O) groups is 2. The first-order chi connectivity index (χ1) is 11.7. The van der Waals surface area contributed by atoms with Gasteiger partial charge in [-0.1, -0.05) is 26.8 Å². The van der Waals surface area contributed by atoms with Gasteiger partial charge in [-0.15, -0.1) is 0 Å². The van der Waals surface area contributed by atoms with Crippen LogP contribution in [0.3, 0.4) is 0 Å². The van der Waals surface area contributed by atoms with E-state index in [1.165, 1.54) is 0 Å². The van der Waals surface area contributed by atoms with Crippen LogP contribution >= 0.6 is 22.6 Å². The molecule has 0 aliphatic heterocycles. The largest absolute Gasteiger partial charge is 0.376 e. The van der Waals surface area contributed by atoms with Gasteiger partial charge >= 0.3 is 0 Å². The van der Waals surface area contributed by atoms with Crippen LogP contribution in [0.4, 0.5) is 17.1 Å². The summed E-state index contributed by atoms with van der Waals surface area (Å²) in [6, 6.07) is 14.9. The molecule has 0 unspecified atom stereocenters. The van der Waals surface area contributed by atoms with Gasteiger partial charge in [0.05, 0.1) is 6.54 Å². The molecular weight excluding hydrogens is 429 g/mol. The molecule has 5 nitrogen and oxygen atoms in total. The third-order valence-electron chi connectivity index (χ3n) is 3.38. The number of hydrogen-bond donors (Lipinski definition) is 3. The fourth-order valence-electron chi connectivity index (χ4n) is 1.95. The molecule has 3 N–H and O–H groups in total. The Bertz CT molecular complexity index is 752. The van der Waals surface area contributed by atoms with Crippen LogP contribution in [-0.4, -0.2) is 18.4 Å². The van der Waals surface area contributed by atoms with Crippen molar-refractivity contribution in [1.82, 2.24) is 0 Å². The monoisotopic (exact) mass is 451 g/mol. The van der Waals surface area contributed by atoms with Gasteiger partial charge in [-0.2, -0.15) is 0 Å². The van der Waals surface area contributed by atoms with Gasteiger partial charge in [0, 0.05) is 26.0 Å². The van der Waals surface area contributed by atoms with Gasteiger partial charge in [0.2, 0.25) is 11.8 Å². The van der Waals surface area contributed by atoms with Crippen LogP contribution in [0.2, 0.25) is 0 Å². The number of hydrogen-bond acceptors (Lipinski definition) is 3. The zero-order valence-electron chi connectivity index (χ0n) is 14.5. The lowest BCUT2D eigenvalue weighted by molar-refractivity contribution is -0.123. The lowest BCUT2D eigenvalue weighted by Crippen LogP contribution is -2.27. The van der Waals surface area contributed by atoms with Crippen molar-refractivity contribution < 1.29 is 9.59 Å². The van der Waals surface area contributed by atoms with E-state index in [0.717, 1.165) is 9.26 Å². The highest BCUT2D eigenvalue weighted by Gasteiger charge is 2.21. The van der Waals surface area contributed by atoms with Gasteiger partial charge in [-0.25, -0.2) is 0 Å². The van der Waals surface area contributed by atoms with Crippen molar-refractivity contribution >= 4 is 51.5 Å². The lowest BCUT2D eigenvalue weighted by atomic mass is 9.95. The normalized spacial score (nSPS) is 10.9. The zero-order chi connectivity index (χ0) is 18.4. The van der Waals surface area contributed by atoms with Crippen molar-refractivity contribution in [2.75, 3.05) is 22.5 Å². The molecule has 0 fully saturated rings. The molecule has 0 atom stereocenters. The molecule has 132 valence electrons. The van der Waals surface area contributed by atoms with Crippen LogP contribution in [0.15, 0.2) is 48.5 Å². The second-order valence-electron chi connectivity index (χ2n) is 6.69. The molecule has 6 heteroatoms. The molecule has 0 saturated carbocycles. The maximum atomic E-state index is 12.1. The Labute approximate surface area is 161 Å². The molecular formula is C19H22IN3O2. The summed E-state index contributed by atoms with van der Waals surface area (Å²) in [5.41, 5.74) is 1.71. The SMILES string of the molecule is CC(C)(C)C(=O)Nc1cccc(NC(=O)CNc2ccc(I)cc2)c1. The van der Waals surface area contributed by atoms with Crippen LogP contribution in [0, 0.1) is 8.99 Å². The molecule has 2 aromatic carbocycles. The molecule has 25 heavy (non-hydrogen) atoms. The Morgan fingerprint density at radius 3 is 2.12 bits per heavy atom. The molecule has 0 spiro atoms. The topological polar surface area (TPSA) is 70.2 Å². The zero-order valence-corrected chi connectivity index (χ0v) is 16.7. The molecule has 0 bridgehead atoms. The fraction of sp³-hybridized carbons (Fsp3) is 0.263. The Hall–Kier alpha value is -2.09. The second kappa shape index (κ2) is 8.33. The van der Waals surface area contributed by atoms with Gasteiger partial charge in [0.15, 0.2) is 0 Å². The Morgan fingerprint density at radius 2 is 1.52 bits per heavy atom. The Kier molecular flexibility index (Phi) is 6.41. The Balaban J connectivity index is 1.91. The smallest absolute Gasteiger partial charge is 0.243 e. The standard InChI is InChI=1S/C19H22IN3O2/c1-19(2,3)18(25)23-16-6-4-5-15(11-16)22-17(24)12-21-14-9-7-13(20)8-10-14/h4-11,21H,12H2,1-3H3,(H,22,24)(H,23,25). The quantitative estimate of drug-likeness (QED) is 0.593. The van der Waals surface area contributed by atoms with Crippen LogP contribution in [0.1, 0.15) is 20.8 Å². The summed E-state index contributed by atoms with van der Waals surface area (Å²) in [4.78, 5) is 24.1. The van der Waals surface area contributed by atoms with E-state index in [-0.39, 0.29) is 18.4 Å². The average molecular weight is 451 g/mol. The second-order valence-corrected chi connectivity index (χ2v) is 7.94. The number of nitrogens with one attached hydrogen (secondary N) is 3. The van der Waals surface area contributed by atoms with Crippen molar-refractivity contribution in [2.24, 2.45) is 5.41 Å². The minimum Gasteiger partial charge on any atom is -0.376 e. The third-order valence-corrected chi connectivity index (χ3v) is 4.10. The van der Waals surface area contributed by atoms with Crippen LogP contribution < -0.4 is 16.0 Å². The first kappa shape index (κ1) is 19.2. The summed E-state index contributed by atoms with van der Waals surface area (Å²) in [7, 11) is 0. The molecule has 0 saturated heterocycles. The number of amides is 2. The summed E-state index contributed by atoms with van der Waals surface area (Å²) in [6.07, 6.45) is 0. The lowest BCUT2D eigenvalue weighted by Gasteiger charge is -2.18. The summed E-state index contributed by atoms with van der Waals surface area (Å²) in [5, 5.41) is 8.75. The predicted molar refractivity (Wildman–Crippen MR) is 111 cm³/mol. The van der Waals surface area contributed by atoms with Crippen LogP contribution in [-0.2, 0) is 9.59 Å². The van der Waals surface area contributed by atoms with Crippen molar-refractivity contribution in [1.29, 1.82) is 0 Å². The highest BCUT2D eigenvalue weighted by molar-refractivity contribution is 14.1. The minimum atomic E-state index is -0.476. The summed E-state index contributed by atoms with van der Waals surface area (Å²) in [5.74, 6) is -0.228. The number of rotatable bonds is 5. The van der Waals surface area contributed by atoms with E-state index in [0.29, 0.717) is 11.4 Å². The maximum absolute atomic E-state index is 12.1.